The Morgan fingerprint density at radius 2 is 1.66 bits per heavy atom. The van der Waals surface area contributed by atoms with Gasteiger partial charge in [-0.1, -0.05) is 0 Å². The average molecular weight is 593 g/mol. The standard InChI is InChI=1S/C28H38F2N6O4S/c1-34(2)23-6-5-22(31-25(23)36-15-11-28(29,30)12-16-36)26(38)32-21-4-3-20(33-41(39,40)18-17-37)19-24(21)35-13-9-27(7-8-27)10-14-35/h3-6,19,33,37H,7-18H2,1-2H3,(H,32,38). The Morgan fingerprint density at radius 3 is 2.27 bits per heavy atom. The number of anilines is 5. The number of carbonyl (C=O) groups excluding carboxylic acids is 1. The molecule has 10 nitrogen and oxygen atoms in total. The molecule has 0 bridgehead atoms. The van der Waals surface area contributed by atoms with Gasteiger partial charge >= 0.3 is 0 Å². The van der Waals surface area contributed by atoms with E-state index in [0.717, 1.165) is 31.6 Å². The van der Waals surface area contributed by atoms with Gasteiger partial charge in [0.25, 0.3) is 11.8 Å². The second-order valence-electron chi connectivity index (χ2n) is 11.6. The van der Waals surface area contributed by atoms with Gasteiger partial charge in [-0.25, -0.2) is 22.2 Å². The predicted molar refractivity (Wildman–Crippen MR) is 157 cm³/mol. The summed E-state index contributed by atoms with van der Waals surface area (Å²) >= 11 is 0. The molecular weight excluding hydrogens is 554 g/mol. The molecular formula is C28H38F2N6O4S. The second kappa shape index (κ2) is 11.2. The highest BCUT2D eigenvalue weighted by atomic mass is 32.2. The third-order valence-electron chi connectivity index (χ3n) is 8.36. The molecule has 2 aliphatic heterocycles. The Morgan fingerprint density at radius 1 is 1.00 bits per heavy atom. The number of hydrogen-bond donors (Lipinski definition) is 3. The molecule has 0 atom stereocenters. The minimum Gasteiger partial charge on any atom is -0.395 e. The van der Waals surface area contributed by atoms with Crippen LogP contribution in [-0.2, 0) is 10.0 Å². The summed E-state index contributed by atoms with van der Waals surface area (Å²) in [5.74, 6) is -3.09. The molecule has 1 aliphatic carbocycles. The molecule has 13 heteroatoms. The summed E-state index contributed by atoms with van der Waals surface area (Å²) in [4.78, 5) is 23.9. The van der Waals surface area contributed by atoms with Crippen LogP contribution in [0.3, 0.4) is 0 Å². The number of nitrogens with one attached hydrogen (secondary N) is 2. The van der Waals surface area contributed by atoms with Crippen molar-refractivity contribution in [2.45, 2.75) is 44.4 Å². The van der Waals surface area contributed by atoms with Gasteiger partial charge < -0.3 is 25.1 Å². The number of aromatic nitrogens is 1. The van der Waals surface area contributed by atoms with Crippen molar-refractivity contribution in [3.63, 3.8) is 0 Å². The molecule has 224 valence electrons. The van der Waals surface area contributed by atoms with Gasteiger partial charge in [0, 0.05) is 53.1 Å². The number of aliphatic hydroxyl groups is 1. The van der Waals surface area contributed by atoms with Crippen molar-refractivity contribution in [2.75, 3.05) is 77.4 Å². The number of halogens is 2. The van der Waals surface area contributed by atoms with Crippen LogP contribution in [0.1, 0.15) is 49.0 Å². The molecule has 2 saturated heterocycles. The number of benzene rings is 1. The lowest BCUT2D eigenvalue weighted by atomic mass is 9.93. The zero-order valence-electron chi connectivity index (χ0n) is 23.5. The van der Waals surface area contributed by atoms with Crippen molar-refractivity contribution < 1.29 is 27.1 Å². The van der Waals surface area contributed by atoms with Gasteiger partial charge in [-0.2, -0.15) is 0 Å². The first-order valence-corrected chi connectivity index (χ1v) is 15.7. The number of amides is 1. The minimum atomic E-state index is -3.73. The summed E-state index contributed by atoms with van der Waals surface area (Å²) in [6.45, 7) is 1.36. The lowest BCUT2D eigenvalue weighted by molar-refractivity contribution is -0.0221. The predicted octanol–water partition coefficient (Wildman–Crippen LogP) is 3.75. The monoisotopic (exact) mass is 592 g/mol. The molecule has 0 unspecified atom stereocenters. The first-order valence-electron chi connectivity index (χ1n) is 14.0. The summed E-state index contributed by atoms with van der Waals surface area (Å²) < 4.78 is 54.7. The van der Waals surface area contributed by atoms with Crippen LogP contribution < -0.4 is 24.7 Å². The Hall–Kier alpha value is -3.19. The SMILES string of the molecule is CN(C)c1ccc(C(=O)Nc2ccc(NS(=O)(=O)CCO)cc2N2CCC3(CC2)CC3)nc1N1CCC(F)(F)CC1. The van der Waals surface area contributed by atoms with Crippen molar-refractivity contribution in [2.24, 2.45) is 5.41 Å². The summed E-state index contributed by atoms with van der Waals surface area (Å²) in [6, 6.07) is 8.32. The van der Waals surface area contributed by atoms with Crippen LogP contribution in [0, 0.1) is 5.41 Å². The van der Waals surface area contributed by atoms with Gasteiger partial charge in [-0.15, -0.1) is 0 Å². The van der Waals surface area contributed by atoms with Gasteiger partial charge in [0.2, 0.25) is 10.0 Å². The Balaban J connectivity index is 1.41. The highest BCUT2D eigenvalue weighted by Crippen LogP contribution is 2.54. The number of alkyl halides is 2. The number of hydrogen-bond acceptors (Lipinski definition) is 8. The third kappa shape index (κ3) is 6.83. The lowest BCUT2D eigenvalue weighted by Crippen LogP contribution is -2.40. The van der Waals surface area contributed by atoms with E-state index in [9.17, 15) is 22.0 Å². The highest BCUT2D eigenvalue weighted by molar-refractivity contribution is 7.92. The second-order valence-corrected chi connectivity index (χ2v) is 13.4. The lowest BCUT2D eigenvalue weighted by Gasteiger charge is -2.35. The van der Waals surface area contributed by atoms with E-state index in [1.165, 1.54) is 12.8 Å². The fraction of sp³-hybridized carbons (Fsp3) is 0.571. The quantitative estimate of drug-likeness (QED) is 0.403. The van der Waals surface area contributed by atoms with Gasteiger partial charge in [0.05, 0.1) is 35.1 Å². The molecule has 5 rings (SSSR count). The first kappa shape index (κ1) is 29.3. The van der Waals surface area contributed by atoms with Crippen LogP contribution in [0.15, 0.2) is 30.3 Å². The van der Waals surface area contributed by atoms with Crippen LogP contribution in [0.25, 0.3) is 0 Å². The number of sulfonamides is 1. The fourth-order valence-corrected chi connectivity index (χ4v) is 6.42. The van der Waals surface area contributed by atoms with E-state index in [-0.39, 0.29) is 31.6 Å². The number of aliphatic hydroxyl groups excluding tert-OH is 1. The normalized spacial score (nSPS) is 19.6. The van der Waals surface area contributed by atoms with Crippen molar-refractivity contribution in [3.8, 4) is 0 Å². The maximum atomic E-state index is 13.8. The summed E-state index contributed by atoms with van der Waals surface area (Å²) in [5.41, 5.74) is 2.86. The molecule has 1 aromatic heterocycles. The van der Waals surface area contributed by atoms with Crippen molar-refractivity contribution >= 4 is 44.5 Å². The van der Waals surface area contributed by atoms with E-state index in [1.807, 2.05) is 19.0 Å². The number of pyridine rings is 1. The van der Waals surface area contributed by atoms with E-state index < -0.39 is 34.2 Å². The number of piperidine rings is 2. The van der Waals surface area contributed by atoms with Crippen LogP contribution in [0.4, 0.5) is 37.3 Å². The summed E-state index contributed by atoms with van der Waals surface area (Å²) in [7, 11) is -0.0469. The van der Waals surface area contributed by atoms with Gasteiger partial charge in [-0.05, 0) is 61.4 Å². The molecule has 41 heavy (non-hydrogen) atoms. The van der Waals surface area contributed by atoms with Crippen LogP contribution in [-0.4, -0.2) is 83.0 Å². The maximum Gasteiger partial charge on any atom is 0.274 e. The molecule has 1 aromatic carbocycles. The molecule has 1 amide bonds. The largest absolute Gasteiger partial charge is 0.395 e. The van der Waals surface area contributed by atoms with Gasteiger partial charge in [0.15, 0.2) is 5.82 Å². The maximum absolute atomic E-state index is 13.8. The summed E-state index contributed by atoms with van der Waals surface area (Å²) in [5, 5.41) is 12.1. The van der Waals surface area contributed by atoms with Crippen LogP contribution in [0.5, 0.6) is 0 Å². The Kier molecular flexibility index (Phi) is 8.03. The Labute approximate surface area is 239 Å². The van der Waals surface area contributed by atoms with E-state index >= 15 is 0 Å². The Bertz CT molecular complexity index is 1380. The fourth-order valence-electron chi connectivity index (χ4n) is 5.59. The topological polar surface area (TPSA) is 118 Å². The molecule has 1 spiro atoms. The smallest absolute Gasteiger partial charge is 0.274 e. The number of carbonyl (C=O) groups is 1. The van der Waals surface area contributed by atoms with Crippen LogP contribution >= 0.6 is 0 Å². The van der Waals surface area contributed by atoms with E-state index in [1.54, 1.807) is 35.2 Å². The van der Waals surface area contributed by atoms with E-state index in [2.05, 4.69) is 19.9 Å². The molecule has 3 N–H and O–H groups in total. The van der Waals surface area contributed by atoms with Gasteiger partial charge in [-0.3, -0.25) is 9.52 Å². The third-order valence-corrected chi connectivity index (χ3v) is 9.63. The highest BCUT2D eigenvalue weighted by Gasteiger charge is 2.44. The van der Waals surface area contributed by atoms with Crippen molar-refractivity contribution in [1.82, 2.24) is 4.98 Å². The van der Waals surface area contributed by atoms with Crippen molar-refractivity contribution in [1.29, 1.82) is 0 Å². The van der Waals surface area contributed by atoms with Crippen LogP contribution in [0.2, 0.25) is 0 Å². The molecule has 1 saturated carbocycles. The zero-order valence-corrected chi connectivity index (χ0v) is 24.3. The number of rotatable bonds is 9. The minimum absolute atomic E-state index is 0.139. The summed E-state index contributed by atoms with van der Waals surface area (Å²) in [6.07, 6.45) is 3.99. The molecule has 3 heterocycles. The van der Waals surface area contributed by atoms with E-state index in [0.29, 0.717) is 28.3 Å². The first-order chi connectivity index (χ1) is 19.4. The van der Waals surface area contributed by atoms with E-state index in [4.69, 9.17) is 5.11 Å². The number of nitrogens with zero attached hydrogens (tertiary/aromatic N) is 4. The average Bonchev–Trinajstić information content (AvgIpc) is 3.68. The molecule has 2 aromatic rings. The zero-order chi connectivity index (χ0) is 29.4. The molecule has 3 aliphatic rings. The molecule has 3 fully saturated rings. The van der Waals surface area contributed by atoms with Gasteiger partial charge in [0.1, 0.15) is 5.69 Å². The molecule has 0 radical (unpaired) electrons. The van der Waals surface area contributed by atoms with Crippen molar-refractivity contribution in [3.05, 3.63) is 36.0 Å².